The van der Waals surface area contributed by atoms with Crippen molar-refractivity contribution in [1.82, 2.24) is 9.55 Å². The number of carbonyl (C=O) groups is 1. The van der Waals surface area contributed by atoms with Crippen molar-refractivity contribution >= 4 is 38.9 Å². The summed E-state index contributed by atoms with van der Waals surface area (Å²) in [7, 11) is 1.29. The van der Waals surface area contributed by atoms with Gasteiger partial charge in [-0.15, -0.1) is 22.7 Å². The van der Waals surface area contributed by atoms with Crippen LogP contribution in [0.15, 0.2) is 44.2 Å². The molecule has 0 bridgehead atoms. The molecule has 4 aromatic heterocycles. The zero-order chi connectivity index (χ0) is 18.3. The van der Waals surface area contributed by atoms with Crippen LogP contribution in [0.3, 0.4) is 0 Å². The molecule has 0 aromatic carbocycles. The summed E-state index contributed by atoms with van der Waals surface area (Å²) in [5.41, 5.74) is 0.786. The first-order valence-electron chi connectivity index (χ1n) is 7.78. The number of ether oxygens (including phenoxy) is 1. The van der Waals surface area contributed by atoms with Gasteiger partial charge in [0.2, 0.25) is 5.76 Å². The summed E-state index contributed by atoms with van der Waals surface area (Å²) >= 11 is 3.05. The Hall–Kier alpha value is -2.71. The number of thiophene rings is 2. The minimum absolute atomic E-state index is 0.108. The largest absolute Gasteiger partial charge is 0.463 e. The second-order valence-electron chi connectivity index (χ2n) is 5.61. The van der Waals surface area contributed by atoms with Crippen molar-refractivity contribution in [2.75, 3.05) is 7.11 Å². The molecule has 0 aliphatic heterocycles. The fourth-order valence-electron chi connectivity index (χ4n) is 2.75. The summed E-state index contributed by atoms with van der Waals surface area (Å²) in [6.45, 7) is 1.99. The normalized spacial score (nSPS) is 11.2. The van der Waals surface area contributed by atoms with Crippen LogP contribution in [0.5, 0.6) is 0 Å². The predicted molar refractivity (Wildman–Crippen MR) is 101 cm³/mol. The number of hydrogen-bond donors (Lipinski definition) is 0. The van der Waals surface area contributed by atoms with E-state index in [-0.39, 0.29) is 17.9 Å². The van der Waals surface area contributed by atoms with Crippen molar-refractivity contribution in [3.8, 4) is 10.4 Å². The van der Waals surface area contributed by atoms with Crippen LogP contribution in [0.2, 0.25) is 0 Å². The Balaban J connectivity index is 1.80. The number of aromatic nitrogens is 2. The van der Waals surface area contributed by atoms with Crippen LogP contribution in [0.1, 0.15) is 22.1 Å². The maximum atomic E-state index is 13.1. The van der Waals surface area contributed by atoms with E-state index in [0.29, 0.717) is 17.0 Å². The SMILES string of the molecule is COC(=O)c1ccc(Cn2c(C)nc3scc(-c4cccs4)c3c2=O)o1. The van der Waals surface area contributed by atoms with Gasteiger partial charge in [-0.2, -0.15) is 0 Å². The Bertz CT molecular complexity index is 1150. The molecule has 4 heterocycles. The minimum atomic E-state index is -0.549. The topological polar surface area (TPSA) is 74.3 Å². The first kappa shape index (κ1) is 16.7. The Labute approximate surface area is 156 Å². The minimum Gasteiger partial charge on any atom is -0.463 e. The van der Waals surface area contributed by atoms with Gasteiger partial charge >= 0.3 is 5.97 Å². The zero-order valence-corrected chi connectivity index (χ0v) is 15.6. The van der Waals surface area contributed by atoms with Crippen molar-refractivity contribution in [2.24, 2.45) is 0 Å². The third-order valence-corrected chi connectivity index (χ3v) is 5.81. The zero-order valence-electron chi connectivity index (χ0n) is 14.0. The lowest BCUT2D eigenvalue weighted by Gasteiger charge is -2.08. The molecule has 8 heteroatoms. The summed E-state index contributed by atoms with van der Waals surface area (Å²) in [4.78, 5) is 31.0. The molecule has 26 heavy (non-hydrogen) atoms. The van der Waals surface area contributed by atoms with Crippen LogP contribution in [0, 0.1) is 6.92 Å². The number of fused-ring (bicyclic) bond motifs is 1. The molecule has 0 saturated heterocycles. The Morgan fingerprint density at radius 3 is 2.88 bits per heavy atom. The summed E-state index contributed by atoms with van der Waals surface area (Å²) in [6.07, 6.45) is 0. The highest BCUT2D eigenvalue weighted by Gasteiger charge is 2.18. The number of methoxy groups -OCH3 is 1. The molecule has 4 rings (SSSR count). The molecular weight excluding hydrogens is 372 g/mol. The van der Waals surface area contributed by atoms with Crippen molar-refractivity contribution < 1.29 is 13.9 Å². The number of carbonyl (C=O) groups excluding carboxylic acids is 1. The van der Waals surface area contributed by atoms with E-state index in [2.05, 4.69) is 9.72 Å². The van der Waals surface area contributed by atoms with E-state index >= 15 is 0 Å². The molecule has 0 saturated carbocycles. The Morgan fingerprint density at radius 1 is 1.31 bits per heavy atom. The number of furan rings is 1. The lowest BCUT2D eigenvalue weighted by atomic mass is 10.2. The van der Waals surface area contributed by atoms with E-state index in [1.165, 1.54) is 24.5 Å². The molecular formula is C18H14N2O4S2. The molecule has 0 unspecified atom stereocenters. The van der Waals surface area contributed by atoms with Gasteiger partial charge in [-0.05, 0) is 30.5 Å². The average Bonchev–Trinajstić information content (AvgIpc) is 3.37. The first-order chi connectivity index (χ1) is 12.6. The van der Waals surface area contributed by atoms with Crippen LogP contribution in [0.4, 0.5) is 0 Å². The Kier molecular flexibility index (Phi) is 4.21. The third-order valence-electron chi connectivity index (χ3n) is 4.03. The van der Waals surface area contributed by atoms with E-state index in [0.717, 1.165) is 15.3 Å². The van der Waals surface area contributed by atoms with Crippen LogP contribution in [-0.2, 0) is 11.3 Å². The monoisotopic (exact) mass is 386 g/mol. The van der Waals surface area contributed by atoms with Gasteiger partial charge in [-0.25, -0.2) is 9.78 Å². The lowest BCUT2D eigenvalue weighted by molar-refractivity contribution is 0.0563. The van der Waals surface area contributed by atoms with Gasteiger partial charge in [0.15, 0.2) is 0 Å². The van der Waals surface area contributed by atoms with Gasteiger partial charge in [-0.3, -0.25) is 9.36 Å². The highest BCUT2D eigenvalue weighted by molar-refractivity contribution is 7.18. The van der Waals surface area contributed by atoms with Gasteiger partial charge in [0, 0.05) is 15.8 Å². The van der Waals surface area contributed by atoms with Crippen LogP contribution < -0.4 is 5.56 Å². The van der Waals surface area contributed by atoms with Crippen LogP contribution >= 0.6 is 22.7 Å². The molecule has 6 nitrogen and oxygen atoms in total. The number of rotatable bonds is 4. The smallest absolute Gasteiger partial charge is 0.373 e. The molecule has 4 aromatic rings. The van der Waals surface area contributed by atoms with Crippen molar-refractivity contribution in [3.63, 3.8) is 0 Å². The summed E-state index contributed by atoms with van der Waals surface area (Å²) < 4.78 is 11.7. The van der Waals surface area contributed by atoms with Crippen molar-refractivity contribution in [3.05, 3.63) is 62.7 Å². The van der Waals surface area contributed by atoms with Crippen molar-refractivity contribution in [2.45, 2.75) is 13.5 Å². The Morgan fingerprint density at radius 2 is 2.15 bits per heavy atom. The van der Waals surface area contributed by atoms with E-state index in [4.69, 9.17) is 4.42 Å². The summed E-state index contributed by atoms with van der Waals surface area (Å²) in [5, 5.41) is 4.57. The second kappa shape index (κ2) is 6.54. The molecule has 0 radical (unpaired) electrons. The quantitative estimate of drug-likeness (QED) is 0.497. The number of hydrogen-bond acceptors (Lipinski definition) is 7. The highest BCUT2D eigenvalue weighted by atomic mass is 32.1. The van der Waals surface area contributed by atoms with Crippen LogP contribution in [-0.4, -0.2) is 22.6 Å². The molecule has 132 valence electrons. The number of esters is 1. The third kappa shape index (κ3) is 2.77. The van der Waals surface area contributed by atoms with Gasteiger partial charge in [0.1, 0.15) is 16.4 Å². The molecule has 0 fully saturated rings. The molecule has 0 amide bonds. The summed E-state index contributed by atoms with van der Waals surface area (Å²) in [6, 6.07) is 7.15. The molecule has 0 aliphatic rings. The van der Waals surface area contributed by atoms with E-state index in [1.807, 2.05) is 22.9 Å². The predicted octanol–water partition coefficient (Wildman–Crippen LogP) is 3.92. The molecule has 0 spiro atoms. The van der Waals surface area contributed by atoms with Gasteiger partial charge < -0.3 is 9.15 Å². The average molecular weight is 386 g/mol. The van der Waals surface area contributed by atoms with E-state index < -0.39 is 5.97 Å². The number of aryl methyl sites for hydroxylation is 1. The molecule has 0 N–H and O–H groups in total. The van der Waals surface area contributed by atoms with Crippen molar-refractivity contribution in [1.29, 1.82) is 0 Å². The fraction of sp³-hybridized carbons (Fsp3) is 0.167. The maximum Gasteiger partial charge on any atom is 0.373 e. The first-order valence-corrected chi connectivity index (χ1v) is 9.54. The van der Waals surface area contributed by atoms with Gasteiger partial charge in [-0.1, -0.05) is 6.07 Å². The molecule has 0 atom stereocenters. The second-order valence-corrected chi connectivity index (χ2v) is 7.42. The van der Waals surface area contributed by atoms with Gasteiger partial charge in [0.25, 0.3) is 5.56 Å². The van der Waals surface area contributed by atoms with Gasteiger partial charge in [0.05, 0.1) is 19.0 Å². The fourth-order valence-corrected chi connectivity index (χ4v) is 4.55. The lowest BCUT2D eigenvalue weighted by Crippen LogP contribution is -2.24. The summed E-state index contributed by atoms with van der Waals surface area (Å²) in [5.74, 6) is 0.645. The number of nitrogens with zero attached hydrogens (tertiary/aromatic N) is 2. The molecule has 0 aliphatic carbocycles. The standard InChI is InChI=1S/C18H14N2O4S2/c1-10-19-16-15(12(9-26-16)14-4-3-7-25-14)17(21)20(10)8-11-5-6-13(24-11)18(22)23-2/h3-7,9H,8H2,1-2H3. The van der Waals surface area contributed by atoms with E-state index in [1.54, 1.807) is 28.9 Å². The maximum absolute atomic E-state index is 13.1. The van der Waals surface area contributed by atoms with Crippen LogP contribution in [0.25, 0.3) is 20.7 Å². The van der Waals surface area contributed by atoms with E-state index in [9.17, 15) is 9.59 Å². The highest BCUT2D eigenvalue weighted by Crippen LogP contribution is 2.33.